The van der Waals surface area contributed by atoms with E-state index in [1.54, 1.807) is 31.2 Å². The Morgan fingerprint density at radius 3 is 2.79 bits per heavy atom. The smallest absolute Gasteiger partial charge is 0.326 e. The molecule has 0 bridgehead atoms. The first-order valence-electron chi connectivity index (χ1n) is 8.45. The van der Waals surface area contributed by atoms with Crippen molar-refractivity contribution in [1.29, 1.82) is 0 Å². The van der Waals surface area contributed by atoms with Gasteiger partial charge in [0.15, 0.2) is 0 Å². The SMILES string of the molecule is CCC(=O)Nc1cccc(C(=O)N2CC3CCCC3C2C(=O)O)c1. The summed E-state index contributed by atoms with van der Waals surface area (Å²) in [6.45, 7) is 2.26. The van der Waals surface area contributed by atoms with E-state index in [-0.39, 0.29) is 23.7 Å². The van der Waals surface area contributed by atoms with E-state index in [0.717, 1.165) is 19.3 Å². The van der Waals surface area contributed by atoms with E-state index in [2.05, 4.69) is 5.32 Å². The fourth-order valence-corrected chi connectivity index (χ4v) is 3.98. The molecule has 3 rings (SSSR count). The number of carbonyl (C=O) groups is 3. The zero-order chi connectivity index (χ0) is 17.3. The average molecular weight is 330 g/mol. The van der Waals surface area contributed by atoms with Crippen LogP contribution in [0.4, 0.5) is 5.69 Å². The maximum absolute atomic E-state index is 12.9. The molecule has 3 atom stereocenters. The van der Waals surface area contributed by atoms with E-state index >= 15 is 0 Å². The van der Waals surface area contributed by atoms with E-state index in [0.29, 0.717) is 24.2 Å². The number of fused-ring (bicyclic) bond motifs is 1. The van der Waals surface area contributed by atoms with Crippen LogP contribution in [0.15, 0.2) is 24.3 Å². The Morgan fingerprint density at radius 1 is 1.29 bits per heavy atom. The molecule has 2 aliphatic rings. The molecule has 1 saturated heterocycles. The summed E-state index contributed by atoms with van der Waals surface area (Å²) in [5, 5.41) is 12.3. The Balaban J connectivity index is 1.82. The van der Waals surface area contributed by atoms with Gasteiger partial charge in [-0.05, 0) is 42.9 Å². The molecule has 1 aromatic carbocycles. The van der Waals surface area contributed by atoms with Gasteiger partial charge in [-0.3, -0.25) is 9.59 Å². The predicted octanol–water partition coefficient (Wildman–Crippen LogP) is 2.36. The van der Waals surface area contributed by atoms with Crippen LogP contribution in [0.5, 0.6) is 0 Å². The molecule has 1 aliphatic heterocycles. The molecular weight excluding hydrogens is 308 g/mol. The van der Waals surface area contributed by atoms with E-state index in [1.165, 1.54) is 4.90 Å². The lowest BCUT2D eigenvalue weighted by Gasteiger charge is -2.24. The number of nitrogens with one attached hydrogen (secondary N) is 1. The van der Waals surface area contributed by atoms with Crippen molar-refractivity contribution in [1.82, 2.24) is 4.90 Å². The van der Waals surface area contributed by atoms with Crippen molar-refractivity contribution >= 4 is 23.5 Å². The summed E-state index contributed by atoms with van der Waals surface area (Å²) in [5.74, 6) is -0.969. The number of aliphatic carboxylic acids is 1. The number of benzene rings is 1. The highest BCUT2D eigenvalue weighted by Gasteiger charge is 2.49. The van der Waals surface area contributed by atoms with Gasteiger partial charge in [0.25, 0.3) is 5.91 Å². The van der Waals surface area contributed by atoms with Crippen molar-refractivity contribution in [2.45, 2.75) is 38.6 Å². The second kappa shape index (κ2) is 6.63. The Kier molecular flexibility index (Phi) is 4.55. The molecule has 0 radical (unpaired) electrons. The third-order valence-electron chi connectivity index (χ3n) is 5.12. The van der Waals surface area contributed by atoms with E-state index in [1.807, 2.05) is 0 Å². The highest BCUT2D eigenvalue weighted by molar-refractivity contribution is 5.99. The summed E-state index contributed by atoms with van der Waals surface area (Å²) < 4.78 is 0. The lowest BCUT2D eigenvalue weighted by atomic mass is 9.94. The minimum absolute atomic E-state index is 0.0643. The molecule has 24 heavy (non-hydrogen) atoms. The quantitative estimate of drug-likeness (QED) is 0.887. The number of carbonyl (C=O) groups excluding carboxylic acids is 2. The number of carboxylic acids is 1. The third kappa shape index (κ3) is 3.00. The van der Waals surface area contributed by atoms with E-state index in [9.17, 15) is 19.5 Å². The molecule has 3 unspecified atom stereocenters. The first-order chi connectivity index (χ1) is 11.5. The second-order valence-electron chi connectivity index (χ2n) is 6.58. The van der Waals surface area contributed by atoms with Crippen LogP contribution < -0.4 is 5.32 Å². The average Bonchev–Trinajstić information content (AvgIpc) is 3.14. The lowest BCUT2D eigenvalue weighted by molar-refractivity contribution is -0.142. The molecule has 6 nitrogen and oxygen atoms in total. The Bertz CT molecular complexity index is 673. The summed E-state index contributed by atoms with van der Waals surface area (Å²) in [6.07, 6.45) is 3.26. The Hall–Kier alpha value is -2.37. The number of likely N-dealkylation sites (tertiary alicyclic amines) is 1. The number of nitrogens with zero attached hydrogens (tertiary/aromatic N) is 1. The van der Waals surface area contributed by atoms with Crippen LogP contribution >= 0.6 is 0 Å². The summed E-state index contributed by atoms with van der Waals surface area (Å²) in [5.41, 5.74) is 0.967. The third-order valence-corrected chi connectivity index (χ3v) is 5.12. The van der Waals surface area contributed by atoms with Crippen molar-refractivity contribution < 1.29 is 19.5 Å². The van der Waals surface area contributed by atoms with Gasteiger partial charge in [-0.2, -0.15) is 0 Å². The van der Waals surface area contributed by atoms with Crippen molar-refractivity contribution in [2.24, 2.45) is 11.8 Å². The minimum Gasteiger partial charge on any atom is -0.480 e. The molecule has 6 heteroatoms. The highest BCUT2D eigenvalue weighted by Crippen LogP contribution is 2.42. The summed E-state index contributed by atoms with van der Waals surface area (Å²) >= 11 is 0. The first kappa shape index (κ1) is 16.5. The van der Waals surface area contributed by atoms with E-state index < -0.39 is 12.0 Å². The monoisotopic (exact) mass is 330 g/mol. The van der Waals surface area contributed by atoms with Crippen LogP contribution in [-0.2, 0) is 9.59 Å². The largest absolute Gasteiger partial charge is 0.480 e. The lowest BCUT2D eigenvalue weighted by Crippen LogP contribution is -2.43. The summed E-state index contributed by atoms with van der Waals surface area (Å²) in [7, 11) is 0. The Morgan fingerprint density at radius 2 is 2.08 bits per heavy atom. The van der Waals surface area contributed by atoms with Gasteiger partial charge in [0.05, 0.1) is 0 Å². The van der Waals surface area contributed by atoms with Crippen LogP contribution in [0.3, 0.4) is 0 Å². The van der Waals surface area contributed by atoms with Crippen molar-refractivity contribution in [3.8, 4) is 0 Å². The Labute approximate surface area is 140 Å². The molecule has 0 aromatic heterocycles. The number of anilines is 1. The summed E-state index contributed by atoms with van der Waals surface area (Å²) in [6, 6.07) is 5.96. The molecule has 1 heterocycles. The van der Waals surface area contributed by atoms with Gasteiger partial charge in [0, 0.05) is 24.2 Å². The van der Waals surface area contributed by atoms with Gasteiger partial charge < -0.3 is 15.3 Å². The molecule has 1 aliphatic carbocycles. The predicted molar refractivity (Wildman–Crippen MR) is 88.7 cm³/mol. The maximum Gasteiger partial charge on any atom is 0.326 e. The highest BCUT2D eigenvalue weighted by atomic mass is 16.4. The second-order valence-corrected chi connectivity index (χ2v) is 6.58. The number of hydrogen-bond acceptors (Lipinski definition) is 3. The van der Waals surface area contributed by atoms with Gasteiger partial charge in [0.2, 0.25) is 5.91 Å². The van der Waals surface area contributed by atoms with Gasteiger partial charge in [-0.15, -0.1) is 0 Å². The van der Waals surface area contributed by atoms with Gasteiger partial charge in [0.1, 0.15) is 6.04 Å². The van der Waals surface area contributed by atoms with Crippen LogP contribution in [0, 0.1) is 11.8 Å². The van der Waals surface area contributed by atoms with Crippen LogP contribution in [0.1, 0.15) is 43.0 Å². The molecule has 1 saturated carbocycles. The zero-order valence-corrected chi connectivity index (χ0v) is 13.7. The van der Waals surface area contributed by atoms with Crippen LogP contribution in [0.2, 0.25) is 0 Å². The van der Waals surface area contributed by atoms with Gasteiger partial charge in [-0.1, -0.05) is 19.4 Å². The van der Waals surface area contributed by atoms with E-state index in [4.69, 9.17) is 0 Å². The fourth-order valence-electron chi connectivity index (χ4n) is 3.98. The zero-order valence-electron chi connectivity index (χ0n) is 13.7. The number of rotatable bonds is 4. The normalized spacial score (nSPS) is 25.4. The molecule has 0 spiro atoms. The van der Waals surface area contributed by atoms with Gasteiger partial charge in [-0.25, -0.2) is 4.79 Å². The minimum atomic E-state index is -0.923. The van der Waals surface area contributed by atoms with Crippen molar-refractivity contribution in [3.05, 3.63) is 29.8 Å². The van der Waals surface area contributed by atoms with Crippen LogP contribution in [-0.4, -0.2) is 40.4 Å². The molecule has 2 N–H and O–H groups in total. The standard InChI is InChI=1S/C18H22N2O4/c1-2-15(21)19-13-7-3-5-11(9-13)17(22)20-10-12-6-4-8-14(12)16(20)18(23)24/h3,5,7,9,12,14,16H,2,4,6,8,10H2,1H3,(H,19,21)(H,23,24). The summed E-state index contributed by atoms with van der Waals surface area (Å²) in [4.78, 5) is 37.5. The number of carboxylic acid groups (broad SMARTS) is 1. The molecule has 1 aromatic rings. The number of hydrogen-bond donors (Lipinski definition) is 2. The first-order valence-corrected chi connectivity index (χ1v) is 8.45. The molecular formula is C18H22N2O4. The van der Waals surface area contributed by atoms with Crippen LogP contribution in [0.25, 0.3) is 0 Å². The molecule has 128 valence electrons. The molecule has 2 fully saturated rings. The van der Waals surface area contributed by atoms with Crippen molar-refractivity contribution in [3.63, 3.8) is 0 Å². The van der Waals surface area contributed by atoms with Crippen molar-refractivity contribution in [2.75, 3.05) is 11.9 Å². The van der Waals surface area contributed by atoms with Gasteiger partial charge >= 0.3 is 5.97 Å². The maximum atomic E-state index is 12.9. The topological polar surface area (TPSA) is 86.7 Å². The molecule has 2 amide bonds. The fraction of sp³-hybridized carbons (Fsp3) is 0.500. The number of amides is 2.